The van der Waals surface area contributed by atoms with Crippen molar-refractivity contribution in [1.82, 2.24) is 5.32 Å². The maximum atomic E-state index is 12.4. The second kappa shape index (κ2) is 7.44. The minimum Gasteiger partial charge on any atom is -0.466 e. The number of esters is 1. The monoisotopic (exact) mass is 376 g/mol. The number of allylic oxidation sites excluding steroid dienone is 2. The van der Waals surface area contributed by atoms with Gasteiger partial charge in [-0.05, 0) is 18.6 Å². The Labute approximate surface area is 143 Å². The van der Waals surface area contributed by atoms with Crippen molar-refractivity contribution in [2.24, 2.45) is 0 Å². The molecule has 1 aromatic rings. The molecule has 1 unspecified atom stereocenters. The average Bonchev–Trinajstić information content (AvgIpc) is 2.54. The van der Waals surface area contributed by atoms with Crippen LogP contribution in [0, 0.1) is 6.57 Å². The molecular formula is C17H17BrN2O3. The third-order valence-electron chi connectivity index (χ3n) is 3.64. The van der Waals surface area contributed by atoms with E-state index in [2.05, 4.69) is 26.1 Å². The number of rotatable bonds is 4. The number of halogens is 1. The van der Waals surface area contributed by atoms with Gasteiger partial charge < -0.3 is 14.8 Å². The lowest BCUT2D eigenvalue weighted by atomic mass is 9.84. The first-order valence-corrected chi connectivity index (χ1v) is 7.74. The first kappa shape index (κ1) is 17.3. The van der Waals surface area contributed by atoms with Crippen molar-refractivity contribution in [1.29, 1.82) is 0 Å². The number of nitrogens with zero attached hydrogens (tertiary/aromatic N) is 1. The molecule has 23 heavy (non-hydrogen) atoms. The van der Waals surface area contributed by atoms with Crippen molar-refractivity contribution in [3.05, 3.63) is 68.4 Å². The van der Waals surface area contributed by atoms with Gasteiger partial charge in [0.15, 0.2) is 5.70 Å². The Bertz CT molecular complexity index is 732. The molecule has 0 spiro atoms. The van der Waals surface area contributed by atoms with Crippen LogP contribution < -0.4 is 5.32 Å². The van der Waals surface area contributed by atoms with E-state index < -0.39 is 11.9 Å². The first-order valence-electron chi connectivity index (χ1n) is 6.95. The number of carbonyl (C=O) groups excluding carboxylic acids is 1. The standard InChI is InChI=1S/C17H17BrN2O3/c1-10-16(19-2)14(11-7-5-6-8-12(11)18)15(17(21)23-4)13(20-10)9-22-3/h5-8,14,20H,9H2,1,3-4H3. The molecule has 0 aliphatic carbocycles. The lowest BCUT2D eigenvalue weighted by Gasteiger charge is -2.29. The van der Waals surface area contributed by atoms with Gasteiger partial charge in [0.25, 0.3) is 0 Å². The Morgan fingerprint density at radius 2 is 2.09 bits per heavy atom. The molecule has 1 aromatic carbocycles. The quantitative estimate of drug-likeness (QED) is 0.646. The predicted molar refractivity (Wildman–Crippen MR) is 90.2 cm³/mol. The van der Waals surface area contributed by atoms with Crippen LogP contribution >= 0.6 is 15.9 Å². The molecule has 0 bridgehead atoms. The van der Waals surface area contributed by atoms with Gasteiger partial charge in [-0.1, -0.05) is 34.1 Å². The fourth-order valence-electron chi connectivity index (χ4n) is 2.65. The van der Waals surface area contributed by atoms with E-state index >= 15 is 0 Å². The SMILES string of the molecule is [C-]#[N+]C1=C(C)NC(COC)=C(C(=O)OC)C1c1ccccc1Br. The van der Waals surface area contributed by atoms with Gasteiger partial charge in [0.05, 0.1) is 37.5 Å². The summed E-state index contributed by atoms with van der Waals surface area (Å²) in [7, 11) is 2.89. The van der Waals surface area contributed by atoms with Crippen LogP contribution in [0.4, 0.5) is 0 Å². The van der Waals surface area contributed by atoms with Crippen LogP contribution in [0.3, 0.4) is 0 Å². The highest BCUT2D eigenvalue weighted by molar-refractivity contribution is 9.10. The molecule has 120 valence electrons. The van der Waals surface area contributed by atoms with Gasteiger partial charge in [-0.25, -0.2) is 9.64 Å². The van der Waals surface area contributed by atoms with Gasteiger partial charge in [-0.15, -0.1) is 0 Å². The van der Waals surface area contributed by atoms with Crippen molar-refractivity contribution >= 4 is 21.9 Å². The highest BCUT2D eigenvalue weighted by Crippen LogP contribution is 2.41. The second-order valence-electron chi connectivity index (χ2n) is 5.02. The van der Waals surface area contributed by atoms with Crippen LogP contribution in [0.1, 0.15) is 18.4 Å². The zero-order chi connectivity index (χ0) is 17.0. The molecule has 0 saturated heterocycles. The van der Waals surface area contributed by atoms with E-state index in [4.69, 9.17) is 16.0 Å². The number of nitrogens with one attached hydrogen (secondary N) is 1. The van der Waals surface area contributed by atoms with Crippen LogP contribution in [0.25, 0.3) is 4.85 Å². The van der Waals surface area contributed by atoms with Crippen LogP contribution in [0.2, 0.25) is 0 Å². The smallest absolute Gasteiger partial charge is 0.335 e. The van der Waals surface area contributed by atoms with E-state index in [-0.39, 0.29) is 6.61 Å². The molecule has 1 atom stereocenters. The maximum absolute atomic E-state index is 12.4. The summed E-state index contributed by atoms with van der Waals surface area (Å²) in [6.07, 6.45) is 0. The van der Waals surface area contributed by atoms with Crippen molar-refractivity contribution in [3.63, 3.8) is 0 Å². The zero-order valence-corrected chi connectivity index (χ0v) is 14.7. The van der Waals surface area contributed by atoms with Crippen LogP contribution in [0.15, 0.2) is 51.4 Å². The van der Waals surface area contributed by atoms with Crippen LogP contribution in [0.5, 0.6) is 0 Å². The maximum Gasteiger partial charge on any atom is 0.335 e. The van der Waals surface area contributed by atoms with Gasteiger partial charge >= 0.3 is 5.97 Å². The van der Waals surface area contributed by atoms with E-state index in [1.54, 1.807) is 7.11 Å². The summed E-state index contributed by atoms with van der Waals surface area (Å²) >= 11 is 3.51. The average molecular weight is 377 g/mol. The summed E-state index contributed by atoms with van der Waals surface area (Å²) in [6.45, 7) is 9.59. The summed E-state index contributed by atoms with van der Waals surface area (Å²) in [4.78, 5) is 16.1. The lowest BCUT2D eigenvalue weighted by Crippen LogP contribution is -2.31. The van der Waals surface area contributed by atoms with Crippen LogP contribution in [-0.4, -0.2) is 26.8 Å². The molecule has 0 amide bonds. The molecule has 0 radical (unpaired) electrons. The lowest BCUT2D eigenvalue weighted by molar-refractivity contribution is -0.136. The Morgan fingerprint density at radius 3 is 2.65 bits per heavy atom. The molecule has 6 heteroatoms. The number of ether oxygens (including phenoxy) is 2. The number of hydrogen-bond acceptors (Lipinski definition) is 4. The molecule has 1 N–H and O–H groups in total. The van der Waals surface area contributed by atoms with Crippen molar-refractivity contribution in [2.45, 2.75) is 12.8 Å². The fraction of sp³-hybridized carbons (Fsp3) is 0.294. The second-order valence-corrected chi connectivity index (χ2v) is 5.87. The highest BCUT2D eigenvalue weighted by atomic mass is 79.9. The molecule has 5 nitrogen and oxygen atoms in total. The Balaban J connectivity index is 2.72. The Kier molecular flexibility index (Phi) is 5.59. The zero-order valence-electron chi connectivity index (χ0n) is 13.1. The normalized spacial score (nSPS) is 17.6. The summed E-state index contributed by atoms with van der Waals surface area (Å²) in [6, 6.07) is 7.55. The van der Waals surface area contributed by atoms with Crippen molar-refractivity contribution < 1.29 is 14.3 Å². The molecule has 2 rings (SSSR count). The number of hydrogen-bond donors (Lipinski definition) is 1. The van der Waals surface area contributed by atoms with E-state index in [1.807, 2.05) is 31.2 Å². The van der Waals surface area contributed by atoms with E-state index in [0.717, 1.165) is 10.0 Å². The van der Waals surface area contributed by atoms with Crippen molar-refractivity contribution in [3.8, 4) is 0 Å². The van der Waals surface area contributed by atoms with Gasteiger partial charge in [-0.3, -0.25) is 0 Å². The predicted octanol–water partition coefficient (Wildman–Crippen LogP) is 3.36. The van der Waals surface area contributed by atoms with Gasteiger partial charge in [0.2, 0.25) is 0 Å². The van der Waals surface area contributed by atoms with Gasteiger partial charge in [0.1, 0.15) is 0 Å². The van der Waals surface area contributed by atoms with Gasteiger partial charge in [-0.2, -0.15) is 0 Å². The summed E-state index contributed by atoms with van der Waals surface area (Å²) in [5.41, 5.74) is 3.04. The Morgan fingerprint density at radius 1 is 1.39 bits per heavy atom. The summed E-state index contributed by atoms with van der Waals surface area (Å²) < 4.78 is 11.0. The molecule has 0 fully saturated rings. The molecule has 0 aromatic heterocycles. The minimum atomic E-state index is -0.498. The number of methoxy groups -OCH3 is 2. The Hall–Kier alpha value is -2.10. The number of carbonyl (C=O) groups is 1. The summed E-state index contributed by atoms with van der Waals surface area (Å²) in [5, 5.41) is 3.11. The number of dihydropyridines is 1. The third kappa shape index (κ3) is 3.31. The molecule has 1 aliphatic rings. The first-order chi connectivity index (χ1) is 11.0. The highest BCUT2D eigenvalue weighted by Gasteiger charge is 2.36. The van der Waals surface area contributed by atoms with Crippen molar-refractivity contribution in [2.75, 3.05) is 20.8 Å². The van der Waals surface area contributed by atoms with E-state index in [9.17, 15) is 4.79 Å². The number of benzene rings is 1. The molecule has 1 heterocycles. The van der Waals surface area contributed by atoms with E-state index in [0.29, 0.717) is 22.7 Å². The molecular weight excluding hydrogens is 360 g/mol. The van der Waals surface area contributed by atoms with Gasteiger partial charge in [0, 0.05) is 17.3 Å². The van der Waals surface area contributed by atoms with E-state index in [1.165, 1.54) is 7.11 Å². The molecule has 1 aliphatic heterocycles. The van der Waals surface area contributed by atoms with Crippen LogP contribution in [-0.2, 0) is 14.3 Å². The third-order valence-corrected chi connectivity index (χ3v) is 4.36. The fourth-order valence-corrected chi connectivity index (χ4v) is 3.17. The molecule has 0 saturated carbocycles. The largest absolute Gasteiger partial charge is 0.466 e. The minimum absolute atomic E-state index is 0.230. The topological polar surface area (TPSA) is 51.9 Å². The summed E-state index contributed by atoms with van der Waals surface area (Å²) in [5.74, 6) is -0.971.